The molecule has 1 amide bonds. The second-order valence-electron chi connectivity index (χ2n) is 8.05. The summed E-state index contributed by atoms with van der Waals surface area (Å²) < 4.78 is 43.0. The van der Waals surface area contributed by atoms with Crippen molar-refractivity contribution in [3.05, 3.63) is 83.3 Å². The predicted molar refractivity (Wildman–Crippen MR) is 125 cm³/mol. The summed E-state index contributed by atoms with van der Waals surface area (Å²) in [5.74, 6) is -0.961. The maximum absolute atomic E-state index is 13.5. The third-order valence-electron chi connectivity index (χ3n) is 5.89. The molecule has 0 N–H and O–H groups in total. The van der Waals surface area contributed by atoms with Crippen LogP contribution in [0.5, 0.6) is 0 Å². The molecule has 0 atom stereocenters. The molecule has 5 rings (SSSR count). The number of rotatable bonds is 5. The minimum Gasteiger partial charge on any atom is -0.338 e. The van der Waals surface area contributed by atoms with Crippen molar-refractivity contribution in [2.24, 2.45) is 0 Å². The highest BCUT2D eigenvalue weighted by atomic mass is 32.2. The van der Waals surface area contributed by atoms with Crippen molar-refractivity contribution >= 4 is 27.0 Å². The highest BCUT2D eigenvalue weighted by Gasteiger charge is 2.30. The predicted octanol–water partition coefficient (Wildman–Crippen LogP) is 1.25. The second kappa shape index (κ2) is 9.04. The van der Waals surface area contributed by atoms with E-state index < -0.39 is 21.4 Å². The molecule has 1 saturated heterocycles. The van der Waals surface area contributed by atoms with Crippen LogP contribution in [0, 0.1) is 5.82 Å². The molecule has 4 aromatic rings. The number of hydrogen-bond donors (Lipinski definition) is 0. The van der Waals surface area contributed by atoms with Crippen LogP contribution in [0.2, 0.25) is 0 Å². The summed E-state index contributed by atoms with van der Waals surface area (Å²) in [4.78, 5) is 31.5. The first-order valence-electron chi connectivity index (χ1n) is 10.9. The second-order valence-corrected chi connectivity index (χ2v) is 9.99. The van der Waals surface area contributed by atoms with Gasteiger partial charge in [-0.2, -0.15) is 9.40 Å². The first-order chi connectivity index (χ1) is 16.8. The molecular weight excluding hydrogens is 475 g/mol. The molecule has 35 heavy (non-hydrogen) atoms. The van der Waals surface area contributed by atoms with Crippen LogP contribution in [0.3, 0.4) is 0 Å². The van der Waals surface area contributed by atoms with Gasteiger partial charge < -0.3 is 4.90 Å². The van der Waals surface area contributed by atoms with Crippen LogP contribution in [0.15, 0.2) is 76.8 Å². The molecule has 2 aromatic heterocycles. The fourth-order valence-corrected chi connectivity index (χ4v) is 5.47. The zero-order valence-electron chi connectivity index (χ0n) is 18.5. The Balaban J connectivity index is 1.28. The SMILES string of the molecule is O=C(Cn1cnc2c(cnn2-c2ccccc2)c1=O)N1CCN(S(=O)(=O)c2cccc(F)c2)CC1. The molecule has 0 spiro atoms. The van der Waals surface area contributed by atoms with Crippen LogP contribution in [0.4, 0.5) is 4.39 Å². The maximum Gasteiger partial charge on any atom is 0.264 e. The van der Waals surface area contributed by atoms with Gasteiger partial charge in [0.05, 0.1) is 16.8 Å². The van der Waals surface area contributed by atoms with Gasteiger partial charge in [-0.15, -0.1) is 0 Å². The Morgan fingerprint density at radius 3 is 2.46 bits per heavy atom. The fraction of sp³-hybridized carbons (Fsp3) is 0.217. The molecule has 12 heteroatoms. The minimum atomic E-state index is -3.86. The van der Waals surface area contributed by atoms with Crippen molar-refractivity contribution in [3.8, 4) is 5.69 Å². The van der Waals surface area contributed by atoms with Gasteiger partial charge in [-0.1, -0.05) is 24.3 Å². The molecule has 180 valence electrons. The van der Waals surface area contributed by atoms with Gasteiger partial charge in [-0.3, -0.25) is 14.2 Å². The molecule has 0 aliphatic carbocycles. The first kappa shape index (κ1) is 22.9. The molecule has 3 heterocycles. The number of carbonyl (C=O) groups is 1. The normalized spacial score (nSPS) is 14.9. The lowest BCUT2D eigenvalue weighted by atomic mass is 10.3. The quantitative estimate of drug-likeness (QED) is 0.411. The molecule has 0 radical (unpaired) electrons. The maximum atomic E-state index is 13.5. The summed E-state index contributed by atoms with van der Waals surface area (Å²) in [6, 6.07) is 14.1. The van der Waals surface area contributed by atoms with E-state index in [1.165, 1.54) is 44.5 Å². The number of para-hydroxylation sites is 1. The number of halogens is 1. The number of sulfonamides is 1. The summed E-state index contributed by atoms with van der Waals surface area (Å²) in [6.45, 7) is 0.226. The topological polar surface area (TPSA) is 110 Å². The van der Waals surface area contributed by atoms with Gasteiger partial charge in [-0.05, 0) is 30.3 Å². The number of amides is 1. The Bertz CT molecular complexity index is 1560. The van der Waals surface area contributed by atoms with Crippen molar-refractivity contribution in [1.82, 2.24) is 28.5 Å². The Labute approximate surface area is 199 Å². The number of piperazine rings is 1. The van der Waals surface area contributed by atoms with Gasteiger partial charge >= 0.3 is 0 Å². The molecule has 0 unspecified atom stereocenters. The Morgan fingerprint density at radius 2 is 1.74 bits per heavy atom. The smallest absolute Gasteiger partial charge is 0.264 e. The van der Waals surface area contributed by atoms with Gasteiger partial charge in [0.25, 0.3) is 5.56 Å². The third-order valence-corrected chi connectivity index (χ3v) is 7.78. The average Bonchev–Trinajstić information content (AvgIpc) is 3.31. The highest BCUT2D eigenvalue weighted by molar-refractivity contribution is 7.89. The third kappa shape index (κ3) is 4.33. The largest absolute Gasteiger partial charge is 0.338 e. The number of hydrogen-bond acceptors (Lipinski definition) is 6. The van der Waals surface area contributed by atoms with E-state index in [0.717, 1.165) is 11.8 Å². The first-order valence-corrected chi connectivity index (χ1v) is 12.3. The van der Waals surface area contributed by atoms with E-state index >= 15 is 0 Å². The van der Waals surface area contributed by atoms with Gasteiger partial charge in [0.2, 0.25) is 15.9 Å². The van der Waals surface area contributed by atoms with Gasteiger partial charge in [0.15, 0.2) is 5.65 Å². The van der Waals surface area contributed by atoms with Crippen LogP contribution in [-0.2, 0) is 21.4 Å². The van der Waals surface area contributed by atoms with Crippen molar-refractivity contribution in [2.75, 3.05) is 26.2 Å². The molecular formula is C23H21FN6O4S. The Hall–Kier alpha value is -3.90. The number of nitrogens with zero attached hydrogens (tertiary/aromatic N) is 6. The van der Waals surface area contributed by atoms with Crippen LogP contribution in [0.1, 0.15) is 0 Å². The van der Waals surface area contributed by atoms with Crippen LogP contribution in [0.25, 0.3) is 16.7 Å². The van der Waals surface area contributed by atoms with E-state index in [9.17, 15) is 22.4 Å². The number of aromatic nitrogens is 4. The van der Waals surface area contributed by atoms with E-state index in [2.05, 4.69) is 10.1 Å². The molecule has 1 aliphatic heterocycles. The number of benzene rings is 2. The van der Waals surface area contributed by atoms with E-state index in [4.69, 9.17) is 0 Å². The van der Waals surface area contributed by atoms with Crippen LogP contribution in [-0.4, -0.2) is 69.0 Å². The van der Waals surface area contributed by atoms with Crippen LogP contribution >= 0.6 is 0 Å². The Kier molecular flexibility index (Phi) is 5.91. The lowest BCUT2D eigenvalue weighted by Gasteiger charge is -2.34. The molecule has 0 saturated carbocycles. The zero-order valence-corrected chi connectivity index (χ0v) is 19.3. The molecule has 2 aromatic carbocycles. The van der Waals surface area contributed by atoms with E-state index in [1.807, 2.05) is 30.3 Å². The zero-order chi connectivity index (χ0) is 24.6. The van der Waals surface area contributed by atoms with Crippen molar-refractivity contribution in [1.29, 1.82) is 0 Å². The summed E-state index contributed by atoms with van der Waals surface area (Å²) >= 11 is 0. The summed E-state index contributed by atoms with van der Waals surface area (Å²) in [5, 5.41) is 4.55. The van der Waals surface area contributed by atoms with Crippen molar-refractivity contribution < 1.29 is 17.6 Å². The highest BCUT2D eigenvalue weighted by Crippen LogP contribution is 2.19. The monoisotopic (exact) mass is 496 g/mol. The average molecular weight is 497 g/mol. The molecule has 1 aliphatic rings. The number of carbonyl (C=O) groups excluding carboxylic acids is 1. The van der Waals surface area contributed by atoms with E-state index in [-0.39, 0.29) is 48.9 Å². The van der Waals surface area contributed by atoms with Crippen LogP contribution < -0.4 is 5.56 Å². The Morgan fingerprint density at radius 1 is 1.00 bits per heavy atom. The lowest BCUT2D eigenvalue weighted by Crippen LogP contribution is -2.51. The summed E-state index contributed by atoms with van der Waals surface area (Å²) in [6.07, 6.45) is 2.74. The lowest BCUT2D eigenvalue weighted by molar-refractivity contribution is -0.133. The molecule has 1 fully saturated rings. The standard InChI is InChI=1S/C23H21FN6O4S/c24-17-5-4-8-19(13-17)35(33,34)29-11-9-27(10-12-29)21(31)15-28-16-25-22-20(23(28)32)14-26-30(22)18-6-2-1-3-7-18/h1-8,13-14,16H,9-12,15H2. The summed E-state index contributed by atoms with van der Waals surface area (Å²) in [5.41, 5.74) is 0.758. The van der Waals surface area contributed by atoms with Crippen molar-refractivity contribution in [3.63, 3.8) is 0 Å². The number of fused-ring (bicyclic) bond motifs is 1. The summed E-state index contributed by atoms with van der Waals surface area (Å²) in [7, 11) is -3.86. The minimum absolute atomic E-state index is 0.0701. The molecule has 0 bridgehead atoms. The van der Waals surface area contributed by atoms with Gasteiger partial charge in [-0.25, -0.2) is 22.5 Å². The van der Waals surface area contributed by atoms with Gasteiger partial charge in [0, 0.05) is 26.2 Å². The fourth-order valence-electron chi connectivity index (χ4n) is 4.02. The van der Waals surface area contributed by atoms with E-state index in [1.54, 1.807) is 4.68 Å². The van der Waals surface area contributed by atoms with Gasteiger partial charge in [0.1, 0.15) is 24.1 Å². The molecule has 10 nitrogen and oxygen atoms in total. The van der Waals surface area contributed by atoms with E-state index in [0.29, 0.717) is 5.65 Å². The van der Waals surface area contributed by atoms with Crippen molar-refractivity contribution in [2.45, 2.75) is 11.4 Å².